The fourth-order valence-corrected chi connectivity index (χ4v) is 15.1. The molecule has 0 fully saturated rings. The van der Waals surface area contributed by atoms with E-state index < -0.39 is 0 Å². The first kappa shape index (κ1) is 70.9. The Hall–Kier alpha value is -11.1. The molecule has 0 bridgehead atoms. The quantitative estimate of drug-likeness (QED) is 0.176. The summed E-state index contributed by atoms with van der Waals surface area (Å²) in [4.78, 5) is 6.99. The summed E-state index contributed by atoms with van der Waals surface area (Å²) in [5, 5.41) is 7.62. The fraction of sp³-hybridized carbons (Fsp3) is 0.204. The van der Waals surface area contributed by atoms with E-state index in [1.807, 2.05) is 72.0 Å². The highest BCUT2D eigenvalue weighted by Gasteiger charge is 2.31. The zero-order valence-electron chi connectivity index (χ0n) is 63.3. The van der Waals surface area contributed by atoms with E-state index in [4.69, 9.17) is 13.6 Å². The van der Waals surface area contributed by atoms with Gasteiger partial charge in [-0.2, -0.15) is 0 Å². The van der Waals surface area contributed by atoms with Crippen molar-refractivity contribution in [2.45, 2.75) is 131 Å². The minimum atomic E-state index is 0.105. The zero-order valence-corrected chi connectivity index (χ0v) is 64.2. The van der Waals surface area contributed by atoms with Crippen molar-refractivity contribution in [3.8, 4) is 11.5 Å². The Morgan fingerprint density at radius 1 is 0.238 bits per heavy atom. The molecule has 0 unspecified atom stereocenters. The molecular weight excluding hydrogens is 1300 g/mol. The lowest BCUT2D eigenvalue weighted by atomic mass is 9.86. The summed E-state index contributed by atoms with van der Waals surface area (Å²) in [6.07, 6.45) is 0. The van der Waals surface area contributed by atoms with Crippen molar-refractivity contribution in [3.05, 3.63) is 331 Å². The molecule has 6 nitrogen and oxygen atoms in total. The number of rotatable bonds is 3. The molecule has 526 valence electrons. The van der Waals surface area contributed by atoms with Crippen molar-refractivity contribution >= 4 is 127 Å². The van der Waals surface area contributed by atoms with Crippen molar-refractivity contribution in [1.82, 2.24) is 0 Å². The Bertz CT molecular complexity index is 5510. The molecule has 0 N–H and O–H groups in total. The minimum absolute atomic E-state index is 0.105. The Balaban J connectivity index is 0.000000113. The molecule has 105 heavy (non-hydrogen) atoms. The van der Waals surface area contributed by atoms with E-state index in [2.05, 4.69) is 361 Å². The molecule has 0 aliphatic carbocycles. The normalized spacial score (nSPS) is 12.7. The van der Waals surface area contributed by atoms with E-state index in [0.29, 0.717) is 0 Å². The van der Waals surface area contributed by atoms with Gasteiger partial charge in [0.15, 0.2) is 11.5 Å². The summed E-state index contributed by atoms with van der Waals surface area (Å²) in [6.45, 7) is 33.6. The van der Waals surface area contributed by atoms with Gasteiger partial charge in [0.1, 0.15) is 22.3 Å². The molecule has 0 amide bonds. The number of thiophene rings is 1. The van der Waals surface area contributed by atoms with Gasteiger partial charge in [-0.25, -0.2) is 0 Å². The van der Waals surface area contributed by atoms with Crippen molar-refractivity contribution in [1.29, 1.82) is 0 Å². The summed E-state index contributed by atoms with van der Waals surface area (Å²) >= 11 is 1.88. The summed E-state index contributed by atoms with van der Waals surface area (Å²) < 4.78 is 20.7. The minimum Gasteiger partial charge on any atom is -0.456 e. The Labute approximate surface area is 624 Å². The van der Waals surface area contributed by atoms with Gasteiger partial charge in [0.25, 0.3) is 0 Å². The summed E-state index contributed by atoms with van der Waals surface area (Å²) in [7, 11) is 0. The lowest BCUT2D eigenvalue weighted by molar-refractivity contribution is 0.477. The molecule has 5 heterocycles. The van der Waals surface area contributed by atoms with E-state index in [9.17, 15) is 0 Å². The van der Waals surface area contributed by atoms with Gasteiger partial charge >= 0.3 is 0 Å². The van der Waals surface area contributed by atoms with E-state index >= 15 is 0 Å². The molecule has 16 aromatic rings. The van der Waals surface area contributed by atoms with Crippen LogP contribution in [0.2, 0.25) is 0 Å². The lowest BCUT2D eigenvalue weighted by Gasteiger charge is -2.40. The van der Waals surface area contributed by atoms with Gasteiger partial charge in [0, 0.05) is 64.3 Å². The van der Waals surface area contributed by atoms with Gasteiger partial charge in [-0.05, 0) is 177 Å². The van der Waals surface area contributed by atoms with Crippen LogP contribution in [0.5, 0.6) is 11.5 Å². The molecular formula is C98H95N3O3S. The van der Waals surface area contributed by atoms with Gasteiger partial charge in [0.05, 0.1) is 34.1 Å². The van der Waals surface area contributed by atoms with Crippen LogP contribution >= 0.6 is 11.3 Å². The number of nitrogens with zero attached hydrogens (tertiary/aromatic N) is 3. The van der Waals surface area contributed by atoms with Crippen LogP contribution in [0.15, 0.2) is 312 Å². The van der Waals surface area contributed by atoms with Crippen molar-refractivity contribution in [2.24, 2.45) is 0 Å². The highest BCUT2D eigenvalue weighted by Crippen LogP contribution is 2.55. The van der Waals surface area contributed by atoms with Crippen LogP contribution in [0.3, 0.4) is 0 Å². The van der Waals surface area contributed by atoms with Crippen LogP contribution in [-0.4, -0.2) is 0 Å². The second kappa shape index (κ2) is 28.5. The third kappa shape index (κ3) is 14.8. The fourth-order valence-electron chi connectivity index (χ4n) is 14.0. The number of hydrogen-bond donors (Lipinski definition) is 0. The van der Waals surface area contributed by atoms with Crippen molar-refractivity contribution < 1.29 is 13.6 Å². The smallest absolute Gasteiger partial charge is 0.151 e. The first-order chi connectivity index (χ1) is 50.3. The van der Waals surface area contributed by atoms with Crippen molar-refractivity contribution in [3.63, 3.8) is 0 Å². The van der Waals surface area contributed by atoms with Gasteiger partial charge < -0.3 is 28.3 Å². The second-order valence-corrected chi connectivity index (χ2v) is 33.7. The number of benzene rings is 13. The van der Waals surface area contributed by atoms with Gasteiger partial charge in [-0.3, -0.25) is 0 Å². The number of furan rings is 2. The maximum Gasteiger partial charge on any atom is 0.151 e. The van der Waals surface area contributed by atoms with Crippen LogP contribution in [-0.2, 0) is 27.1 Å². The average Bonchev–Trinajstić information content (AvgIpc) is 1.74. The van der Waals surface area contributed by atoms with E-state index in [0.717, 1.165) is 50.9 Å². The summed E-state index contributed by atoms with van der Waals surface area (Å²) in [5.74, 6) is 1.77. The molecule has 3 aromatic heterocycles. The SMILES string of the molecule is CC(C)(C)c1ccc(N2c3ccccc3N(c3ccccc3)c3ccccc32)cc1.CC(C)(C)c1ccc(N2c3ccccc3Oc3ccccc32)cc1.CC(C)(C)c1ccc2oc3ccccc3c2c1.CC(C)(C)c1ccc2sc3ccccc3c2c1.CC(C)(C)c1cccc2c1oc1ccccc12. The van der Waals surface area contributed by atoms with Gasteiger partial charge in [0.2, 0.25) is 0 Å². The monoisotopic (exact) mass is 1390 g/mol. The second-order valence-electron chi connectivity index (χ2n) is 32.6. The molecule has 18 rings (SSSR count). The largest absolute Gasteiger partial charge is 0.456 e. The van der Waals surface area contributed by atoms with Crippen LogP contribution in [0.1, 0.15) is 132 Å². The average molecular weight is 1390 g/mol. The molecule has 0 spiro atoms. The van der Waals surface area contributed by atoms with Crippen LogP contribution < -0.4 is 19.4 Å². The molecule has 0 saturated heterocycles. The van der Waals surface area contributed by atoms with Gasteiger partial charge in [-0.15, -0.1) is 11.3 Å². The Kier molecular flexibility index (Phi) is 19.2. The van der Waals surface area contributed by atoms with E-state index in [-0.39, 0.29) is 27.1 Å². The molecule has 2 aliphatic rings. The predicted octanol–water partition coefficient (Wildman–Crippen LogP) is 29.9. The Morgan fingerprint density at radius 2 is 0.590 bits per heavy atom. The molecule has 13 aromatic carbocycles. The van der Waals surface area contributed by atoms with Crippen molar-refractivity contribution in [2.75, 3.05) is 14.7 Å². The third-order valence-corrected chi connectivity index (χ3v) is 21.0. The maximum absolute atomic E-state index is 6.07. The number of hydrogen-bond acceptors (Lipinski definition) is 7. The molecule has 0 atom stereocenters. The highest BCUT2D eigenvalue weighted by atomic mass is 32.1. The predicted molar refractivity (Wildman–Crippen MR) is 451 cm³/mol. The zero-order chi connectivity index (χ0) is 73.6. The number of ether oxygens (including phenoxy) is 1. The maximum atomic E-state index is 6.07. The summed E-state index contributed by atoms with van der Waals surface area (Å²) in [6, 6.07) is 107. The number of para-hydroxylation sites is 12. The van der Waals surface area contributed by atoms with Crippen LogP contribution in [0, 0.1) is 0 Å². The Morgan fingerprint density at radius 3 is 1.09 bits per heavy atom. The first-order valence-electron chi connectivity index (χ1n) is 36.7. The molecule has 0 radical (unpaired) electrons. The number of fused-ring (bicyclic) bond motifs is 13. The van der Waals surface area contributed by atoms with Crippen LogP contribution in [0.4, 0.5) is 51.2 Å². The third-order valence-electron chi connectivity index (χ3n) is 19.9. The molecule has 0 saturated carbocycles. The molecule has 7 heteroatoms. The standard InChI is InChI=1S/C28H26N2.C22H21NO.2C16H16O.C16H16S/c1-28(2,3)21-17-19-23(20-18-21)30-26-15-9-7-13-24(26)29(22-11-5-4-6-12-22)25-14-8-10-16-27(25)30;1-22(2,3)16-12-14-17(15-13-16)23-18-8-4-6-10-20(18)24-21-11-7-5-9-19(21)23;1-16(2,3)13-9-6-8-12-11-7-4-5-10-14(11)17-15(12)13;2*1-16(2,3)11-8-9-15-13(10-11)12-6-4-5-7-14(12)17-15/h4-20H,1-3H3;4-15H,1-3H3;3*4-10H,1-3H3. The van der Waals surface area contributed by atoms with Gasteiger partial charge in [-0.1, -0.05) is 280 Å². The molecule has 2 aliphatic heterocycles. The summed E-state index contributed by atoms with van der Waals surface area (Å²) in [5.41, 5.74) is 21.8. The first-order valence-corrected chi connectivity index (χ1v) is 37.5. The number of anilines is 9. The highest BCUT2D eigenvalue weighted by molar-refractivity contribution is 7.25. The lowest BCUT2D eigenvalue weighted by Crippen LogP contribution is -2.24. The van der Waals surface area contributed by atoms with E-state index in [1.165, 1.54) is 104 Å². The van der Waals surface area contributed by atoms with Crippen LogP contribution in [0.25, 0.3) is 64.0 Å². The topological polar surface area (TPSA) is 45.2 Å². The van der Waals surface area contributed by atoms with E-state index in [1.54, 1.807) is 0 Å².